The molecule has 0 aromatic heterocycles. The lowest BCUT2D eigenvalue weighted by Crippen LogP contribution is -2.15. The van der Waals surface area contributed by atoms with Gasteiger partial charge in [0.2, 0.25) is 0 Å². The Morgan fingerprint density at radius 3 is 3.00 bits per heavy atom. The molecule has 0 aliphatic heterocycles. The standard InChI is InChI=1S/C10H14O2/c1-8(7-11)5-9-3-2-4-10(12)6-9/h7,9H,1-6H2. The van der Waals surface area contributed by atoms with Crippen molar-refractivity contribution in [3.8, 4) is 0 Å². The van der Waals surface area contributed by atoms with E-state index in [4.69, 9.17) is 0 Å². The number of carbonyl (C=O) groups is 2. The Labute approximate surface area is 72.7 Å². The van der Waals surface area contributed by atoms with Crippen LogP contribution in [0.3, 0.4) is 0 Å². The first-order valence-corrected chi connectivity index (χ1v) is 4.37. The van der Waals surface area contributed by atoms with Gasteiger partial charge in [-0.3, -0.25) is 9.59 Å². The van der Waals surface area contributed by atoms with Crippen LogP contribution >= 0.6 is 0 Å². The van der Waals surface area contributed by atoms with Gasteiger partial charge in [-0.1, -0.05) is 6.58 Å². The van der Waals surface area contributed by atoms with E-state index in [-0.39, 0.29) is 0 Å². The number of allylic oxidation sites excluding steroid dienone is 1. The van der Waals surface area contributed by atoms with Gasteiger partial charge >= 0.3 is 0 Å². The summed E-state index contributed by atoms with van der Waals surface area (Å²) in [4.78, 5) is 21.3. The topological polar surface area (TPSA) is 34.1 Å². The number of hydrogen-bond donors (Lipinski definition) is 0. The molecule has 1 atom stereocenters. The minimum atomic E-state index is 0.338. The van der Waals surface area contributed by atoms with Crippen LogP contribution in [-0.4, -0.2) is 12.1 Å². The molecule has 1 rings (SSSR count). The molecule has 66 valence electrons. The van der Waals surface area contributed by atoms with Crippen LogP contribution in [0, 0.1) is 5.92 Å². The van der Waals surface area contributed by atoms with E-state index in [1.54, 1.807) is 0 Å². The number of ketones is 1. The zero-order valence-electron chi connectivity index (χ0n) is 7.21. The number of carbonyl (C=O) groups excluding carboxylic acids is 2. The van der Waals surface area contributed by atoms with Gasteiger partial charge < -0.3 is 0 Å². The Balaban J connectivity index is 2.36. The zero-order chi connectivity index (χ0) is 8.97. The fourth-order valence-electron chi connectivity index (χ4n) is 1.71. The summed E-state index contributed by atoms with van der Waals surface area (Å²) in [7, 11) is 0. The van der Waals surface area contributed by atoms with Gasteiger partial charge in [-0.25, -0.2) is 0 Å². The van der Waals surface area contributed by atoms with Crippen LogP contribution in [0.4, 0.5) is 0 Å². The molecule has 1 aliphatic rings. The normalized spacial score (nSPS) is 23.7. The van der Waals surface area contributed by atoms with E-state index in [1.807, 2.05) is 0 Å². The third kappa shape index (κ3) is 2.61. The third-order valence-electron chi connectivity index (χ3n) is 2.30. The van der Waals surface area contributed by atoms with Crippen LogP contribution in [0.2, 0.25) is 0 Å². The van der Waals surface area contributed by atoms with Gasteiger partial charge in [-0.2, -0.15) is 0 Å². The van der Waals surface area contributed by atoms with Gasteiger partial charge in [0.15, 0.2) is 0 Å². The summed E-state index contributed by atoms with van der Waals surface area (Å²) < 4.78 is 0. The summed E-state index contributed by atoms with van der Waals surface area (Å²) in [6.45, 7) is 3.61. The highest BCUT2D eigenvalue weighted by atomic mass is 16.1. The molecule has 1 saturated carbocycles. The number of aldehydes is 1. The summed E-state index contributed by atoms with van der Waals surface area (Å²) in [6.07, 6.45) is 4.92. The highest BCUT2D eigenvalue weighted by molar-refractivity contribution is 5.79. The highest BCUT2D eigenvalue weighted by Gasteiger charge is 2.19. The molecule has 0 N–H and O–H groups in total. The second kappa shape index (κ2) is 4.19. The Hall–Kier alpha value is -0.920. The molecule has 0 saturated heterocycles. The minimum Gasteiger partial charge on any atom is -0.300 e. The summed E-state index contributed by atoms with van der Waals surface area (Å²) in [5, 5.41) is 0. The molecule has 1 aliphatic carbocycles. The lowest BCUT2D eigenvalue weighted by molar-refractivity contribution is -0.121. The lowest BCUT2D eigenvalue weighted by Gasteiger charge is -2.19. The van der Waals surface area contributed by atoms with Gasteiger partial charge in [0.05, 0.1) is 0 Å². The number of Topliss-reactive ketones (excluding diaryl/α,β-unsaturated/α-hetero) is 1. The Kier molecular flexibility index (Phi) is 3.20. The van der Waals surface area contributed by atoms with E-state index < -0.39 is 0 Å². The van der Waals surface area contributed by atoms with E-state index in [1.165, 1.54) is 0 Å². The average Bonchev–Trinajstić information content (AvgIpc) is 2.04. The maximum Gasteiger partial charge on any atom is 0.145 e. The quantitative estimate of drug-likeness (QED) is 0.474. The molecule has 1 unspecified atom stereocenters. The monoisotopic (exact) mass is 166 g/mol. The van der Waals surface area contributed by atoms with Gasteiger partial charge in [-0.05, 0) is 30.8 Å². The van der Waals surface area contributed by atoms with Crippen molar-refractivity contribution in [2.24, 2.45) is 5.92 Å². The van der Waals surface area contributed by atoms with Crippen LogP contribution in [0.15, 0.2) is 12.2 Å². The SMILES string of the molecule is C=C(C=O)CC1CCCC(=O)C1. The number of hydrogen-bond acceptors (Lipinski definition) is 2. The van der Waals surface area contributed by atoms with E-state index in [0.717, 1.165) is 25.5 Å². The first kappa shape index (κ1) is 9.17. The molecule has 0 spiro atoms. The molecule has 2 heteroatoms. The maximum atomic E-state index is 11.0. The van der Waals surface area contributed by atoms with Crippen LogP contribution in [0.5, 0.6) is 0 Å². The zero-order valence-corrected chi connectivity index (χ0v) is 7.21. The van der Waals surface area contributed by atoms with Gasteiger partial charge in [0.25, 0.3) is 0 Å². The minimum absolute atomic E-state index is 0.338. The lowest BCUT2D eigenvalue weighted by atomic mass is 9.84. The average molecular weight is 166 g/mol. The van der Waals surface area contributed by atoms with Gasteiger partial charge in [-0.15, -0.1) is 0 Å². The van der Waals surface area contributed by atoms with Gasteiger partial charge in [0, 0.05) is 12.8 Å². The fraction of sp³-hybridized carbons (Fsp3) is 0.600. The molecule has 12 heavy (non-hydrogen) atoms. The van der Waals surface area contributed by atoms with Crippen molar-refractivity contribution in [2.75, 3.05) is 0 Å². The summed E-state index contributed by atoms with van der Waals surface area (Å²) in [6, 6.07) is 0. The van der Waals surface area contributed by atoms with Crippen molar-refractivity contribution in [3.63, 3.8) is 0 Å². The second-order valence-corrected chi connectivity index (χ2v) is 3.48. The summed E-state index contributed by atoms with van der Waals surface area (Å²) in [5.74, 6) is 0.717. The molecule has 2 nitrogen and oxygen atoms in total. The molecular weight excluding hydrogens is 152 g/mol. The van der Waals surface area contributed by atoms with E-state index >= 15 is 0 Å². The van der Waals surface area contributed by atoms with Crippen molar-refractivity contribution in [1.29, 1.82) is 0 Å². The fourth-order valence-corrected chi connectivity index (χ4v) is 1.71. The van der Waals surface area contributed by atoms with Crippen LogP contribution in [0.25, 0.3) is 0 Å². The van der Waals surface area contributed by atoms with Crippen LogP contribution < -0.4 is 0 Å². The smallest absolute Gasteiger partial charge is 0.145 e. The first-order chi connectivity index (χ1) is 5.72. The highest BCUT2D eigenvalue weighted by Crippen LogP contribution is 2.25. The second-order valence-electron chi connectivity index (χ2n) is 3.48. The molecular formula is C10H14O2. The molecule has 0 radical (unpaired) electrons. The van der Waals surface area contributed by atoms with Crippen molar-refractivity contribution in [2.45, 2.75) is 32.1 Å². The van der Waals surface area contributed by atoms with E-state index in [9.17, 15) is 9.59 Å². The third-order valence-corrected chi connectivity index (χ3v) is 2.30. The van der Waals surface area contributed by atoms with Crippen molar-refractivity contribution < 1.29 is 9.59 Å². The summed E-state index contributed by atoms with van der Waals surface area (Å²) in [5.41, 5.74) is 0.620. The maximum absolute atomic E-state index is 11.0. The molecule has 0 bridgehead atoms. The van der Waals surface area contributed by atoms with Gasteiger partial charge in [0.1, 0.15) is 12.1 Å². The van der Waals surface area contributed by atoms with Crippen LogP contribution in [-0.2, 0) is 9.59 Å². The number of rotatable bonds is 3. The molecule has 0 aromatic carbocycles. The Bertz CT molecular complexity index is 206. The molecule has 0 amide bonds. The Morgan fingerprint density at radius 1 is 1.67 bits per heavy atom. The predicted molar refractivity (Wildman–Crippen MR) is 46.8 cm³/mol. The molecule has 1 fully saturated rings. The molecule has 0 heterocycles. The molecule has 0 aromatic rings. The van der Waals surface area contributed by atoms with Crippen molar-refractivity contribution >= 4 is 12.1 Å². The van der Waals surface area contributed by atoms with Crippen LogP contribution in [0.1, 0.15) is 32.1 Å². The predicted octanol–water partition coefficient (Wildman–Crippen LogP) is 1.89. The van der Waals surface area contributed by atoms with E-state index in [2.05, 4.69) is 6.58 Å². The van der Waals surface area contributed by atoms with E-state index in [0.29, 0.717) is 30.1 Å². The largest absolute Gasteiger partial charge is 0.300 e. The van der Waals surface area contributed by atoms with Crippen molar-refractivity contribution in [3.05, 3.63) is 12.2 Å². The summed E-state index contributed by atoms with van der Waals surface area (Å²) >= 11 is 0. The first-order valence-electron chi connectivity index (χ1n) is 4.37. The Morgan fingerprint density at radius 2 is 2.42 bits per heavy atom. The van der Waals surface area contributed by atoms with Crippen molar-refractivity contribution in [1.82, 2.24) is 0 Å².